The molecule has 1 unspecified atom stereocenters. The molecule has 0 radical (unpaired) electrons. The number of nitrogens with zero attached hydrogens (tertiary/aromatic N) is 1. The number of piperidine rings is 1. The molecule has 0 aromatic heterocycles. The van der Waals surface area contributed by atoms with Crippen molar-refractivity contribution in [2.45, 2.75) is 39.2 Å². The average Bonchev–Trinajstić information content (AvgIpc) is 2.20. The van der Waals surface area contributed by atoms with Gasteiger partial charge in [-0.25, -0.2) is 0 Å². The summed E-state index contributed by atoms with van der Waals surface area (Å²) in [7, 11) is 0. The number of hydrogen-bond acceptors (Lipinski definition) is 2. The summed E-state index contributed by atoms with van der Waals surface area (Å²) in [6, 6.07) is 6.52. The summed E-state index contributed by atoms with van der Waals surface area (Å²) < 4.78 is 0. The third-order valence-corrected chi connectivity index (χ3v) is 3.64. The molecule has 0 bridgehead atoms. The molecule has 1 atom stereocenters. The Labute approximate surface area is 98.4 Å². The monoisotopic (exact) mass is 218 g/mol. The lowest BCUT2D eigenvalue weighted by Crippen LogP contribution is -2.52. The number of benzene rings is 1. The van der Waals surface area contributed by atoms with Crippen LogP contribution in [0.1, 0.15) is 30.9 Å². The van der Waals surface area contributed by atoms with Gasteiger partial charge in [0.15, 0.2) is 0 Å². The van der Waals surface area contributed by atoms with Gasteiger partial charge >= 0.3 is 0 Å². The maximum atomic E-state index is 6.25. The summed E-state index contributed by atoms with van der Waals surface area (Å²) in [6.45, 7) is 8.64. The number of rotatable bonds is 1. The van der Waals surface area contributed by atoms with Crippen molar-refractivity contribution in [2.24, 2.45) is 5.73 Å². The van der Waals surface area contributed by atoms with Crippen LogP contribution in [0, 0.1) is 13.8 Å². The van der Waals surface area contributed by atoms with E-state index >= 15 is 0 Å². The zero-order chi connectivity index (χ0) is 11.8. The minimum Gasteiger partial charge on any atom is -0.369 e. The Bertz CT molecular complexity index is 382. The van der Waals surface area contributed by atoms with Crippen LogP contribution in [0.5, 0.6) is 0 Å². The predicted molar refractivity (Wildman–Crippen MR) is 70.0 cm³/mol. The van der Waals surface area contributed by atoms with E-state index in [1.165, 1.54) is 23.2 Å². The first-order valence-electron chi connectivity index (χ1n) is 6.10. The SMILES string of the molecule is Cc1cccc(N2CCCC(C)(N)C2)c1C. The molecule has 2 heteroatoms. The Morgan fingerprint density at radius 2 is 2.06 bits per heavy atom. The molecule has 1 aliphatic rings. The molecule has 2 nitrogen and oxygen atoms in total. The average molecular weight is 218 g/mol. The predicted octanol–water partition coefficient (Wildman–Crippen LogP) is 2.62. The molecule has 1 aromatic carbocycles. The minimum atomic E-state index is -0.0333. The molecule has 1 fully saturated rings. The van der Waals surface area contributed by atoms with Crippen LogP contribution in [0.4, 0.5) is 5.69 Å². The quantitative estimate of drug-likeness (QED) is 0.785. The van der Waals surface area contributed by atoms with Gasteiger partial charge in [-0.3, -0.25) is 0 Å². The maximum absolute atomic E-state index is 6.25. The lowest BCUT2D eigenvalue weighted by atomic mass is 9.91. The third kappa shape index (κ3) is 2.22. The number of anilines is 1. The molecule has 1 aliphatic heterocycles. The van der Waals surface area contributed by atoms with Gasteiger partial charge in [-0.05, 0) is 50.8 Å². The fourth-order valence-corrected chi connectivity index (χ4v) is 2.55. The zero-order valence-electron chi connectivity index (χ0n) is 10.6. The lowest BCUT2D eigenvalue weighted by molar-refractivity contribution is 0.374. The molecular weight excluding hydrogens is 196 g/mol. The van der Waals surface area contributed by atoms with Crippen molar-refractivity contribution in [1.82, 2.24) is 0 Å². The van der Waals surface area contributed by atoms with Crippen LogP contribution in [-0.2, 0) is 0 Å². The minimum absolute atomic E-state index is 0.0333. The normalized spacial score (nSPS) is 25.9. The van der Waals surface area contributed by atoms with Gasteiger partial charge in [0.2, 0.25) is 0 Å². The van der Waals surface area contributed by atoms with Crippen LogP contribution in [0.2, 0.25) is 0 Å². The van der Waals surface area contributed by atoms with E-state index in [0.717, 1.165) is 19.5 Å². The van der Waals surface area contributed by atoms with E-state index in [-0.39, 0.29) is 5.54 Å². The molecule has 2 N–H and O–H groups in total. The van der Waals surface area contributed by atoms with Gasteiger partial charge in [-0.1, -0.05) is 12.1 Å². The van der Waals surface area contributed by atoms with Crippen molar-refractivity contribution in [2.75, 3.05) is 18.0 Å². The standard InChI is InChI=1S/C14H22N2/c1-11-6-4-7-13(12(11)2)16-9-5-8-14(3,15)10-16/h4,6-7H,5,8-10,15H2,1-3H3. The fraction of sp³-hybridized carbons (Fsp3) is 0.571. The van der Waals surface area contributed by atoms with E-state index < -0.39 is 0 Å². The molecule has 0 spiro atoms. The van der Waals surface area contributed by atoms with Crippen LogP contribution in [0.15, 0.2) is 18.2 Å². The topological polar surface area (TPSA) is 29.3 Å². The lowest BCUT2D eigenvalue weighted by Gasteiger charge is -2.40. The van der Waals surface area contributed by atoms with Crippen LogP contribution in [0.25, 0.3) is 0 Å². The first kappa shape index (κ1) is 11.5. The van der Waals surface area contributed by atoms with Gasteiger partial charge in [0.1, 0.15) is 0 Å². The third-order valence-electron chi connectivity index (χ3n) is 3.64. The smallest absolute Gasteiger partial charge is 0.0399 e. The highest BCUT2D eigenvalue weighted by Gasteiger charge is 2.27. The van der Waals surface area contributed by atoms with Gasteiger partial charge in [0.05, 0.1) is 0 Å². The van der Waals surface area contributed by atoms with E-state index in [4.69, 9.17) is 5.73 Å². The van der Waals surface area contributed by atoms with Gasteiger partial charge in [0.25, 0.3) is 0 Å². The molecule has 2 rings (SSSR count). The number of nitrogens with two attached hydrogens (primary N) is 1. The summed E-state index contributed by atoms with van der Waals surface area (Å²) in [5.74, 6) is 0. The second kappa shape index (κ2) is 4.10. The second-order valence-electron chi connectivity index (χ2n) is 5.40. The Balaban J connectivity index is 2.27. The van der Waals surface area contributed by atoms with Gasteiger partial charge in [-0.15, -0.1) is 0 Å². The maximum Gasteiger partial charge on any atom is 0.0399 e. The van der Waals surface area contributed by atoms with Gasteiger partial charge < -0.3 is 10.6 Å². The van der Waals surface area contributed by atoms with Crippen molar-refractivity contribution in [1.29, 1.82) is 0 Å². The largest absolute Gasteiger partial charge is 0.369 e. The Morgan fingerprint density at radius 3 is 2.75 bits per heavy atom. The summed E-state index contributed by atoms with van der Waals surface area (Å²) in [5.41, 5.74) is 10.3. The molecule has 1 aromatic rings. The summed E-state index contributed by atoms with van der Waals surface area (Å²) in [6.07, 6.45) is 2.33. The molecule has 0 saturated carbocycles. The fourth-order valence-electron chi connectivity index (χ4n) is 2.55. The first-order valence-corrected chi connectivity index (χ1v) is 6.10. The Hall–Kier alpha value is -1.02. The Morgan fingerprint density at radius 1 is 1.31 bits per heavy atom. The first-order chi connectivity index (χ1) is 7.49. The second-order valence-corrected chi connectivity index (χ2v) is 5.40. The summed E-state index contributed by atoms with van der Waals surface area (Å²) >= 11 is 0. The highest BCUT2D eigenvalue weighted by Crippen LogP contribution is 2.28. The zero-order valence-corrected chi connectivity index (χ0v) is 10.6. The van der Waals surface area contributed by atoms with Crippen molar-refractivity contribution in [3.05, 3.63) is 29.3 Å². The number of aryl methyl sites for hydroxylation is 1. The molecule has 88 valence electrons. The van der Waals surface area contributed by atoms with Crippen LogP contribution >= 0.6 is 0 Å². The van der Waals surface area contributed by atoms with E-state index in [2.05, 4.69) is 43.9 Å². The van der Waals surface area contributed by atoms with Gasteiger partial charge in [-0.2, -0.15) is 0 Å². The molecule has 16 heavy (non-hydrogen) atoms. The molecule has 0 aliphatic carbocycles. The molecular formula is C14H22N2. The summed E-state index contributed by atoms with van der Waals surface area (Å²) in [4.78, 5) is 2.44. The van der Waals surface area contributed by atoms with E-state index in [1.807, 2.05) is 0 Å². The van der Waals surface area contributed by atoms with Crippen molar-refractivity contribution in [3.63, 3.8) is 0 Å². The van der Waals surface area contributed by atoms with E-state index in [9.17, 15) is 0 Å². The van der Waals surface area contributed by atoms with Gasteiger partial charge in [0, 0.05) is 24.3 Å². The van der Waals surface area contributed by atoms with E-state index in [0.29, 0.717) is 0 Å². The molecule has 1 heterocycles. The van der Waals surface area contributed by atoms with Crippen LogP contribution in [-0.4, -0.2) is 18.6 Å². The molecule has 1 saturated heterocycles. The van der Waals surface area contributed by atoms with E-state index in [1.54, 1.807) is 0 Å². The van der Waals surface area contributed by atoms with Crippen molar-refractivity contribution < 1.29 is 0 Å². The highest BCUT2D eigenvalue weighted by molar-refractivity contribution is 5.56. The van der Waals surface area contributed by atoms with Crippen LogP contribution < -0.4 is 10.6 Å². The molecule has 0 amide bonds. The Kier molecular flexibility index (Phi) is 2.94. The van der Waals surface area contributed by atoms with Crippen LogP contribution in [0.3, 0.4) is 0 Å². The van der Waals surface area contributed by atoms with Crippen molar-refractivity contribution in [3.8, 4) is 0 Å². The summed E-state index contributed by atoms with van der Waals surface area (Å²) in [5, 5.41) is 0. The highest BCUT2D eigenvalue weighted by atomic mass is 15.2. The number of hydrogen-bond donors (Lipinski definition) is 1. The van der Waals surface area contributed by atoms with Crippen molar-refractivity contribution >= 4 is 5.69 Å².